The zero-order valence-electron chi connectivity index (χ0n) is 15.5. The molecule has 25 heavy (non-hydrogen) atoms. The van der Waals surface area contributed by atoms with Crippen LogP contribution in [-0.4, -0.2) is 34.7 Å². The molecule has 0 aliphatic heterocycles. The van der Waals surface area contributed by atoms with E-state index in [4.69, 9.17) is 0 Å². The number of benzene rings is 1. The summed E-state index contributed by atoms with van der Waals surface area (Å²) in [6.45, 7) is 5.52. The molecule has 0 amide bonds. The van der Waals surface area contributed by atoms with E-state index in [0.29, 0.717) is 19.0 Å². The molecule has 5 nitrogen and oxygen atoms in total. The van der Waals surface area contributed by atoms with Crippen molar-refractivity contribution in [3.05, 3.63) is 53.1 Å². The van der Waals surface area contributed by atoms with Gasteiger partial charge in [0.15, 0.2) is 5.96 Å². The number of rotatable bonds is 5. The van der Waals surface area contributed by atoms with Crippen LogP contribution >= 0.6 is 24.0 Å². The highest BCUT2D eigenvalue weighted by molar-refractivity contribution is 14.0. The van der Waals surface area contributed by atoms with Crippen LogP contribution in [0.25, 0.3) is 0 Å². The van der Waals surface area contributed by atoms with Gasteiger partial charge in [-0.25, -0.2) is 4.39 Å². The fourth-order valence-corrected chi connectivity index (χ4v) is 2.71. The normalized spacial score (nSPS) is 11.4. The minimum atomic E-state index is -0.227. The van der Waals surface area contributed by atoms with Crippen molar-refractivity contribution in [3.8, 4) is 0 Å². The number of hydrogen-bond donors (Lipinski definition) is 1. The highest BCUT2D eigenvalue weighted by Crippen LogP contribution is 2.18. The molecule has 0 saturated heterocycles. The Morgan fingerprint density at radius 1 is 1.40 bits per heavy atom. The summed E-state index contributed by atoms with van der Waals surface area (Å²) in [5, 5.41) is 7.81. The van der Waals surface area contributed by atoms with Crippen molar-refractivity contribution in [1.82, 2.24) is 20.0 Å². The third kappa shape index (κ3) is 5.98. The molecule has 1 N–H and O–H groups in total. The van der Waals surface area contributed by atoms with Gasteiger partial charge >= 0.3 is 0 Å². The summed E-state index contributed by atoms with van der Waals surface area (Å²) < 4.78 is 15.1. The van der Waals surface area contributed by atoms with E-state index in [1.165, 1.54) is 17.7 Å². The van der Waals surface area contributed by atoms with E-state index in [0.717, 1.165) is 17.2 Å². The quantitative estimate of drug-likeness (QED) is 0.423. The molecule has 2 aromatic rings. The third-order valence-electron chi connectivity index (χ3n) is 3.80. The first-order valence-corrected chi connectivity index (χ1v) is 8.09. The van der Waals surface area contributed by atoms with E-state index in [2.05, 4.69) is 29.3 Å². The number of guanidine groups is 1. The second kappa shape index (κ2) is 9.74. The van der Waals surface area contributed by atoms with Crippen LogP contribution in [0.5, 0.6) is 0 Å². The second-order valence-corrected chi connectivity index (χ2v) is 6.25. The van der Waals surface area contributed by atoms with E-state index >= 15 is 0 Å². The summed E-state index contributed by atoms with van der Waals surface area (Å²) in [6, 6.07) is 6.57. The highest BCUT2D eigenvalue weighted by Gasteiger charge is 2.15. The Hall–Kier alpha value is -1.64. The van der Waals surface area contributed by atoms with E-state index in [1.807, 2.05) is 35.9 Å². The Bertz CT molecular complexity index is 711. The maximum atomic E-state index is 13.3. The van der Waals surface area contributed by atoms with Crippen LogP contribution < -0.4 is 5.32 Å². The first-order valence-electron chi connectivity index (χ1n) is 8.09. The van der Waals surface area contributed by atoms with Crippen molar-refractivity contribution in [2.75, 3.05) is 14.1 Å². The number of aliphatic imine (C=N–C) groups is 1. The number of hydrogen-bond acceptors (Lipinski definition) is 2. The minimum absolute atomic E-state index is 0. The molecule has 0 saturated carbocycles. The monoisotopic (exact) mass is 459 g/mol. The zero-order chi connectivity index (χ0) is 17.7. The van der Waals surface area contributed by atoms with Gasteiger partial charge < -0.3 is 10.2 Å². The highest BCUT2D eigenvalue weighted by atomic mass is 127. The van der Waals surface area contributed by atoms with Crippen LogP contribution in [0.1, 0.15) is 36.6 Å². The molecule has 138 valence electrons. The van der Waals surface area contributed by atoms with Gasteiger partial charge in [-0.2, -0.15) is 5.10 Å². The van der Waals surface area contributed by atoms with Gasteiger partial charge in [0.2, 0.25) is 0 Å². The zero-order valence-corrected chi connectivity index (χ0v) is 17.8. The molecule has 0 fully saturated rings. The Balaban J connectivity index is 0.00000312. The van der Waals surface area contributed by atoms with Gasteiger partial charge in [-0.15, -0.1) is 24.0 Å². The fourth-order valence-electron chi connectivity index (χ4n) is 2.71. The lowest BCUT2D eigenvalue weighted by Crippen LogP contribution is -2.38. The molecule has 0 bridgehead atoms. The van der Waals surface area contributed by atoms with Gasteiger partial charge in [0.25, 0.3) is 0 Å². The van der Waals surface area contributed by atoms with Gasteiger partial charge in [0.1, 0.15) is 5.82 Å². The van der Waals surface area contributed by atoms with E-state index in [9.17, 15) is 4.39 Å². The fraction of sp³-hybridized carbons (Fsp3) is 0.444. The SMILES string of the molecule is CN=C(NCc1cccc(F)c1)N(C)Cc1cn(C)nc1C(C)C.I. The maximum absolute atomic E-state index is 13.3. The summed E-state index contributed by atoms with van der Waals surface area (Å²) in [5.74, 6) is 0.907. The van der Waals surface area contributed by atoms with Crippen LogP contribution in [-0.2, 0) is 20.1 Å². The second-order valence-electron chi connectivity index (χ2n) is 6.25. The van der Waals surface area contributed by atoms with Crippen molar-refractivity contribution in [1.29, 1.82) is 0 Å². The predicted octanol–water partition coefficient (Wildman–Crippen LogP) is 3.51. The van der Waals surface area contributed by atoms with Crippen molar-refractivity contribution in [3.63, 3.8) is 0 Å². The molecule has 7 heteroatoms. The molecule has 0 aliphatic rings. The molecular weight excluding hydrogens is 432 g/mol. The lowest BCUT2D eigenvalue weighted by atomic mass is 10.1. The van der Waals surface area contributed by atoms with Crippen molar-refractivity contribution in [2.45, 2.75) is 32.9 Å². The summed E-state index contributed by atoms with van der Waals surface area (Å²) in [6.07, 6.45) is 2.05. The smallest absolute Gasteiger partial charge is 0.193 e. The van der Waals surface area contributed by atoms with Crippen LogP contribution in [0.2, 0.25) is 0 Å². The van der Waals surface area contributed by atoms with Crippen molar-refractivity contribution in [2.24, 2.45) is 12.0 Å². The number of halogens is 2. The Kier molecular flexibility index (Phi) is 8.34. The summed E-state index contributed by atoms with van der Waals surface area (Å²) >= 11 is 0. The molecular formula is C18H27FIN5. The summed E-state index contributed by atoms with van der Waals surface area (Å²) in [5.41, 5.74) is 3.17. The first kappa shape index (κ1) is 21.4. The molecule has 0 spiro atoms. The molecule has 1 aromatic heterocycles. The maximum Gasteiger partial charge on any atom is 0.193 e. The first-order chi connectivity index (χ1) is 11.4. The standard InChI is InChI=1S/C18H26FN5.HI/c1-13(2)17-15(12-24(5)22-17)11-23(4)18(20-3)21-10-14-7-6-8-16(19)9-14;/h6-9,12-13H,10-11H2,1-5H3,(H,20,21);1H. The van der Waals surface area contributed by atoms with Crippen molar-refractivity contribution < 1.29 is 4.39 Å². The van der Waals surface area contributed by atoms with Crippen LogP contribution in [0, 0.1) is 5.82 Å². The average molecular weight is 459 g/mol. The van der Waals surface area contributed by atoms with E-state index < -0.39 is 0 Å². The molecule has 0 atom stereocenters. The lowest BCUT2D eigenvalue weighted by molar-refractivity contribution is 0.473. The molecule has 2 rings (SSSR count). The third-order valence-corrected chi connectivity index (χ3v) is 3.80. The van der Waals surface area contributed by atoms with Crippen LogP contribution in [0.3, 0.4) is 0 Å². The van der Waals surface area contributed by atoms with Crippen LogP contribution in [0.15, 0.2) is 35.5 Å². The van der Waals surface area contributed by atoms with Gasteiger partial charge in [0, 0.05) is 46.0 Å². The number of aromatic nitrogens is 2. The van der Waals surface area contributed by atoms with E-state index in [-0.39, 0.29) is 29.8 Å². The minimum Gasteiger partial charge on any atom is -0.352 e. The van der Waals surface area contributed by atoms with Crippen LogP contribution in [0.4, 0.5) is 4.39 Å². The lowest BCUT2D eigenvalue weighted by Gasteiger charge is -2.22. The molecule has 1 aromatic carbocycles. The number of aryl methyl sites for hydroxylation is 1. The molecule has 0 aliphatic carbocycles. The summed E-state index contributed by atoms with van der Waals surface area (Å²) in [7, 11) is 5.67. The molecule has 0 radical (unpaired) electrons. The number of nitrogens with one attached hydrogen (secondary N) is 1. The van der Waals surface area contributed by atoms with Crippen molar-refractivity contribution >= 4 is 29.9 Å². The largest absolute Gasteiger partial charge is 0.352 e. The Morgan fingerprint density at radius 2 is 2.12 bits per heavy atom. The van der Waals surface area contributed by atoms with Gasteiger partial charge in [-0.05, 0) is 23.6 Å². The van der Waals surface area contributed by atoms with Gasteiger partial charge in [0.05, 0.1) is 5.69 Å². The number of nitrogens with zero attached hydrogens (tertiary/aromatic N) is 4. The summed E-state index contributed by atoms with van der Waals surface area (Å²) in [4.78, 5) is 6.36. The molecule has 0 unspecified atom stereocenters. The predicted molar refractivity (Wildman–Crippen MR) is 111 cm³/mol. The van der Waals surface area contributed by atoms with Gasteiger partial charge in [-0.1, -0.05) is 26.0 Å². The molecule has 1 heterocycles. The topological polar surface area (TPSA) is 45.5 Å². The van der Waals surface area contributed by atoms with E-state index in [1.54, 1.807) is 13.1 Å². The average Bonchev–Trinajstić information content (AvgIpc) is 2.88. The Morgan fingerprint density at radius 3 is 2.72 bits per heavy atom. The van der Waals surface area contributed by atoms with Gasteiger partial charge in [-0.3, -0.25) is 9.67 Å². The Labute approximate surface area is 166 Å².